The van der Waals surface area contributed by atoms with Gasteiger partial charge in [-0.3, -0.25) is 0 Å². The quantitative estimate of drug-likeness (QED) is 0.669. The number of hydrogen-bond donors (Lipinski definition) is 1. The van der Waals surface area contributed by atoms with E-state index < -0.39 is 6.04 Å². The summed E-state index contributed by atoms with van der Waals surface area (Å²) in [5.74, 6) is -0.303. The number of halogens is 1. The molecule has 3 nitrogen and oxygen atoms in total. The second-order valence-electron chi connectivity index (χ2n) is 3.68. The van der Waals surface area contributed by atoms with Crippen LogP contribution in [0.4, 0.5) is 5.69 Å². The highest BCUT2D eigenvalue weighted by molar-refractivity contribution is 9.10. The van der Waals surface area contributed by atoms with E-state index in [1.807, 2.05) is 24.3 Å². The maximum absolute atomic E-state index is 11.7. The van der Waals surface area contributed by atoms with Crippen LogP contribution in [0.2, 0.25) is 0 Å². The molecule has 0 aliphatic heterocycles. The largest absolute Gasteiger partial charge is 0.464 e. The van der Waals surface area contributed by atoms with Crippen LogP contribution in [0.25, 0.3) is 0 Å². The number of ether oxygens (including phenoxy) is 1. The Balaban J connectivity index is 2.76. The van der Waals surface area contributed by atoms with Crippen LogP contribution in [0.3, 0.4) is 0 Å². The highest BCUT2D eigenvalue weighted by atomic mass is 79.9. The Labute approximate surface area is 110 Å². The van der Waals surface area contributed by atoms with Gasteiger partial charge in [-0.2, -0.15) is 0 Å². The minimum atomic E-state index is -0.504. The number of anilines is 1. The van der Waals surface area contributed by atoms with Gasteiger partial charge in [-0.1, -0.05) is 22.5 Å². The number of rotatable bonds is 5. The first-order valence-electron chi connectivity index (χ1n) is 5.38. The fourth-order valence-corrected chi connectivity index (χ4v) is 1.59. The molecule has 0 bridgehead atoms. The van der Waals surface area contributed by atoms with Gasteiger partial charge < -0.3 is 10.1 Å². The topological polar surface area (TPSA) is 38.3 Å². The molecule has 0 saturated heterocycles. The van der Waals surface area contributed by atoms with E-state index >= 15 is 0 Å². The normalized spacial score (nSPS) is 11.7. The van der Waals surface area contributed by atoms with E-state index in [4.69, 9.17) is 4.74 Å². The molecule has 0 aromatic heterocycles. The predicted octanol–water partition coefficient (Wildman–Crippen LogP) is 3.37. The maximum atomic E-state index is 11.7. The molecule has 0 aliphatic carbocycles. The third-order valence-corrected chi connectivity index (χ3v) is 2.70. The Morgan fingerprint density at radius 3 is 2.53 bits per heavy atom. The Bertz CT molecular complexity index is 400. The molecule has 0 saturated carbocycles. The molecule has 17 heavy (non-hydrogen) atoms. The van der Waals surface area contributed by atoms with Crippen LogP contribution >= 0.6 is 15.9 Å². The fourth-order valence-electron chi connectivity index (χ4n) is 1.32. The van der Waals surface area contributed by atoms with Gasteiger partial charge in [0.15, 0.2) is 0 Å². The Morgan fingerprint density at radius 1 is 1.47 bits per heavy atom. The zero-order chi connectivity index (χ0) is 12.8. The molecule has 0 fully saturated rings. The summed E-state index contributed by atoms with van der Waals surface area (Å²) in [6.45, 7) is 7.75. The second kappa shape index (κ2) is 6.45. The summed E-state index contributed by atoms with van der Waals surface area (Å²) in [6.07, 6.45) is 0. The van der Waals surface area contributed by atoms with Crippen molar-refractivity contribution >= 4 is 27.6 Å². The monoisotopic (exact) mass is 297 g/mol. The van der Waals surface area contributed by atoms with Gasteiger partial charge in [0.1, 0.15) is 6.04 Å². The molecule has 0 spiro atoms. The average Bonchev–Trinajstić information content (AvgIpc) is 2.28. The molecule has 0 amide bonds. The van der Waals surface area contributed by atoms with E-state index in [2.05, 4.69) is 27.8 Å². The van der Waals surface area contributed by atoms with Crippen LogP contribution in [0.1, 0.15) is 13.8 Å². The van der Waals surface area contributed by atoms with Gasteiger partial charge in [-0.05, 0) is 43.7 Å². The smallest absolute Gasteiger partial charge is 0.332 e. The highest BCUT2D eigenvalue weighted by Gasteiger charge is 2.19. The van der Waals surface area contributed by atoms with E-state index in [-0.39, 0.29) is 5.97 Å². The summed E-state index contributed by atoms with van der Waals surface area (Å²) in [5, 5.41) is 3.10. The van der Waals surface area contributed by atoms with Crippen molar-refractivity contribution in [2.24, 2.45) is 0 Å². The zero-order valence-corrected chi connectivity index (χ0v) is 11.6. The SMILES string of the molecule is C=C(C)C(Nc1ccc(Br)cc1)C(=O)OCC. The van der Waals surface area contributed by atoms with Crippen molar-refractivity contribution in [1.29, 1.82) is 0 Å². The molecule has 0 radical (unpaired) electrons. The molecule has 1 rings (SSSR count). The number of carbonyl (C=O) groups excluding carboxylic acids is 1. The van der Waals surface area contributed by atoms with Crippen molar-refractivity contribution in [3.63, 3.8) is 0 Å². The van der Waals surface area contributed by atoms with Crippen molar-refractivity contribution in [2.45, 2.75) is 19.9 Å². The lowest BCUT2D eigenvalue weighted by molar-refractivity contribution is -0.143. The summed E-state index contributed by atoms with van der Waals surface area (Å²) >= 11 is 3.36. The van der Waals surface area contributed by atoms with Crippen molar-refractivity contribution in [2.75, 3.05) is 11.9 Å². The summed E-state index contributed by atoms with van der Waals surface area (Å²) in [6, 6.07) is 7.08. The lowest BCUT2D eigenvalue weighted by atomic mass is 10.1. The van der Waals surface area contributed by atoms with Gasteiger partial charge in [-0.15, -0.1) is 0 Å². The van der Waals surface area contributed by atoms with E-state index in [0.717, 1.165) is 15.7 Å². The van der Waals surface area contributed by atoms with Crippen LogP contribution in [0, 0.1) is 0 Å². The van der Waals surface area contributed by atoms with Gasteiger partial charge in [0, 0.05) is 10.2 Å². The standard InChI is InChI=1S/C13H16BrNO2/c1-4-17-13(16)12(9(2)3)15-11-7-5-10(14)6-8-11/h5-8,12,15H,2,4H2,1,3H3. The Hall–Kier alpha value is -1.29. The average molecular weight is 298 g/mol. The fraction of sp³-hybridized carbons (Fsp3) is 0.308. The number of carbonyl (C=O) groups is 1. The summed E-state index contributed by atoms with van der Waals surface area (Å²) < 4.78 is 5.98. The molecule has 1 unspecified atom stereocenters. The Kier molecular flexibility index (Phi) is 5.22. The number of benzene rings is 1. The van der Waals surface area contributed by atoms with Crippen LogP contribution in [0.15, 0.2) is 40.9 Å². The minimum absolute atomic E-state index is 0.303. The van der Waals surface area contributed by atoms with Crippen LogP contribution in [-0.2, 0) is 9.53 Å². The third-order valence-electron chi connectivity index (χ3n) is 2.17. The molecular formula is C13H16BrNO2. The lowest BCUT2D eigenvalue weighted by Gasteiger charge is -2.18. The van der Waals surface area contributed by atoms with E-state index in [0.29, 0.717) is 6.61 Å². The first-order chi connectivity index (χ1) is 8.04. The summed E-state index contributed by atoms with van der Waals surface area (Å²) in [7, 11) is 0. The van der Waals surface area contributed by atoms with Crippen molar-refractivity contribution < 1.29 is 9.53 Å². The van der Waals surface area contributed by atoms with Crippen molar-refractivity contribution in [3.05, 3.63) is 40.9 Å². The van der Waals surface area contributed by atoms with Gasteiger partial charge in [0.2, 0.25) is 0 Å². The van der Waals surface area contributed by atoms with E-state index in [1.54, 1.807) is 13.8 Å². The molecule has 1 aromatic rings. The Morgan fingerprint density at radius 2 is 2.06 bits per heavy atom. The van der Waals surface area contributed by atoms with Crippen LogP contribution < -0.4 is 5.32 Å². The molecular weight excluding hydrogens is 282 g/mol. The van der Waals surface area contributed by atoms with E-state index in [9.17, 15) is 4.79 Å². The third kappa shape index (κ3) is 4.23. The van der Waals surface area contributed by atoms with Crippen LogP contribution in [0.5, 0.6) is 0 Å². The molecule has 1 atom stereocenters. The first kappa shape index (κ1) is 13.8. The summed E-state index contributed by atoms with van der Waals surface area (Å²) in [5.41, 5.74) is 1.58. The van der Waals surface area contributed by atoms with E-state index in [1.165, 1.54) is 0 Å². The van der Waals surface area contributed by atoms with Crippen molar-refractivity contribution in [1.82, 2.24) is 0 Å². The maximum Gasteiger partial charge on any atom is 0.332 e. The predicted molar refractivity (Wildman–Crippen MR) is 73.0 cm³/mol. The van der Waals surface area contributed by atoms with Crippen molar-refractivity contribution in [3.8, 4) is 0 Å². The number of esters is 1. The van der Waals surface area contributed by atoms with Gasteiger partial charge in [-0.25, -0.2) is 4.79 Å². The zero-order valence-electron chi connectivity index (χ0n) is 10.00. The second-order valence-corrected chi connectivity index (χ2v) is 4.60. The summed E-state index contributed by atoms with van der Waals surface area (Å²) in [4.78, 5) is 11.7. The minimum Gasteiger partial charge on any atom is -0.464 e. The molecule has 4 heteroatoms. The van der Waals surface area contributed by atoms with Gasteiger partial charge in [0.25, 0.3) is 0 Å². The molecule has 0 aliphatic rings. The number of nitrogens with one attached hydrogen (secondary N) is 1. The van der Waals surface area contributed by atoms with Gasteiger partial charge >= 0.3 is 5.97 Å². The molecule has 1 aromatic carbocycles. The molecule has 0 heterocycles. The highest BCUT2D eigenvalue weighted by Crippen LogP contribution is 2.17. The first-order valence-corrected chi connectivity index (χ1v) is 6.18. The van der Waals surface area contributed by atoms with Gasteiger partial charge in [0.05, 0.1) is 6.61 Å². The number of hydrogen-bond acceptors (Lipinski definition) is 3. The van der Waals surface area contributed by atoms with Crippen LogP contribution in [-0.4, -0.2) is 18.6 Å². The molecule has 1 N–H and O–H groups in total. The molecule has 92 valence electrons. The lowest BCUT2D eigenvalue weighted by Crippen LogP contribution is -2.32.